The van der Waals surface area contributed by atoms with Crippen molar-refractivity contribution in [1.29, 1.82) is 0 Å². The van der Waals surface area contributed by atoms with Gasteiger partial charge in [0.2, 0.25) is 0 Å². The van der Waals surface area contributed by atoms with Crippen LogP contribution in [0.15, 0.2) is 97.1 Å². The highest BCUT2D eigenvalue weighted by Gasteiger charge is 2.40. The first-order valence-corrected chi connectivity index (χ1v) is 13.9. The van der Waals surface area contributed by atoms with Crippen LogP contribution >= 0.6 is 0 Å². The van der Waals surface area contributed by atoms with Crippen LogP contribution in [0.1, 0.15) is 29.2 Å². The van der Waals surface area contributed by atoms with Gasteiger partial charge in [0.1, 0.15) is 5.75 Å². The Kier molecular flexibility index (Phi) is 6.15. The normalized spacial score (nSPS) is 16.6. The number of hydrogen-bond donors (Lipinski definition) is 0. The number of benzene rings is 5. The van der Waals surface area contributed by atoms with Crippen molar-refractivity contribution in [2.75, 3.05) is 19.1 Å². The molecule has 0 saturated heterocycles. The Bertz CT molecular complexity index is 1830. The monoisotopic (exact) mass is 561 g/mol. The van der Waals surface area contributed by atoms with E-state index < -0.39 is 17.2 Å². The van der Waals surface area contributed by atoms with Gasteiger partial charge in [0.25, 0.3) is 0 Å². The third-order valence-electron chi connectivity index (χ3n) is 8.41. The van der Waals surface area contributed by atoms with Gasteiger partial charge in [0.15, 0.2) is 28.7 Å². The molecule has 0 aliphatic carbocycles. The molecule has 0 aromatic heterocycles. The number of rotatable bonds is 5. The Morgan fingerprint density at radius 3 is 2.02 bits per heavy atom. The molecule has 2 heterocycles. The molecule has 210 valence electrons. The molecule has 42 heavy (non-hydrogen) atoms. The second-order valence-electron chi connectivity index (χ2n) is 10.8. The topological polar surface area (TPSA) is 30.9 Å². The van der Waals surface area contributed by atoms with Crippen LogP contribution in [-0.2, 0) is 12.0 Å². The van der Waals surface area contributed by atoms with E-state index in [1.807, 2.05) is 24.3 Å². The number of halogens is 2. The minimum atomic E-state index is -1.32. The Morgan fingerprint density at radius 1 is 0.762 bits per heavy atom. The predicted molar refractivity (Wildman–Crippen MR) is 162 cm³/mol. The van der Waals surface area contributed by atoms with Gasteiger partial charge in [0, 0.05) is 39.9 Å². The fourth-order valence-electron chi connectivity index (χ4n) is 6.42. The van der Waals surface area contributed by atoms with Crippen molar-refractivity contribution in [2.45, 2.75) is 25.0 Å². The lowest BCUT2D eigenvalue weighted by molar-refractivity contribution is 0.160. The van der Waals surface area contributed by atoms with Crippen molar-refractivity contribution in [3.8, 4) is 17.2 Å². The molecule has 5 aromatic carbocycles. The summed E-state index contributed by atoms with van der Waals surface area (Å²) in [5, 5.41) is 2.14. The molecular formula is C36H29F2NO3. The second kappa shape index (κ2) is 9.91. The lowest BCUT2D eigenvalue weighted by atomic mass is 9.82. The van der Waals surface area contributed by atoms with Crippen molar-refractivity contribution in [1.82, 2.24) is 0 Å². The third-order valence-corrected chi connectivity index (χ3v) is 8.41. The quantitative estimate of drug-likeness (QED) is 0.215. The van der Waals surface area contributed by atoms with E-state index in [-0.39, 0.29) is 17.5 Å². The number of methoxy groups -OCH3 is 2. The Morgan fingerprint density at radius 2 is 1.38 bits per heavy atom. The average molecular weight is 562 g/mol. The molecular weight excluding hydrogens is 532 g/mol. The summed E-state index contributed by atoms with van der Waals surface area (Å²) >= 11 is 0. The number of ether oxygens (including phenoxy) is 3. The van der Waals surface area contributed by atoms with Crippen LogP contribution in [0.2, 0.25) is 0 Å². The van der Waals surface area contributed by atoms with Gasteiger partial charge in [-0.15, -0.1) is 0 Å². The first kappa shape index (κ1) is 26.1. The van der Waals surface area contributed by atoms with Gasteiger partial charge in [-0.3, -0.25) is 0 Å². The first-order chi connectivity index (χ1) is 20.4. The van der Waals surface area contributed by atoms with Gasteiger partial charge in [-0.1, -0.05) is 54.6 Å². The summed E-state index contributed by atoms with van der Waals surface area (Å²) in [4.78, 5) is 2.36. The Labute approximate surface area is 243 Å². The summed E-state index contributed by atoms with van der Waals surface area (Å²) in [5.41, 5.74) is 4.08. The lowest BCUT2D eigenvalue weighted by Crippen LogP contribution is -2.35. The molecule has 0 spiro atoms. The van der Waals surface area contributed by atoms with E-state index >= 15 is 8.78 Å². The molecule has 5 aromatic rings. The molecule has 2 aliphatic heterocycles. The van der Waals surface area contributed by atoms with Gasteiger partial charge in [-0.25, -0.2) is 8.78 Å². The largest absolute Gasteiger partial charge is 0.494 e. The number of anilines is 2. The van der Waals surface area contributed by atoms with Crippen LogP contribution in [0.5, 0.6) is 17.2 Å². The molecule has 0 fully saturated rings. The van der Waals surface area contributed by atoms with Crippen LogP contribution in [0, 0.1) is 11.6 Å². The van der Waals surface area contributed by atoms with Gasteiger partial charge in [0.05, 0.1) is 19.9 Å². The predicted octanol–water partition coefficient (Wildman–Crippen LogP) is 8.57. The summed E-state index contributed by atoms with van der Waals surface area (Å²) in [6.45, 7) is 2.22. The summed E-state index contributed by atoms with van der Waals surface area (Å²) in [7, 11) is 2.84. The molecule has 0 radical (unpaired) electrons. The molecule has 4 nitrogen and oxygen atoms in total. The second-order valence-corrected chi connectivity index (χ2v) is 10.8. The fraction of sp³-hybridized carbons (Fsp3) is 0.167. The van der Waals surface area contributed by atoms with Gasteiger partial charge in [-0.05, 0) is 66.8 Å². The highest BCUT2D eigenvalue weighted by Crippen LogP contribution is 2.50. The van der Waals surface area contributed by atoms with Crippen LogP contribution in [-0.4, -0.2) is 20.3 Å². The van der Waals surface area contributed by atoms with Crippen LogP contribution in [0.25, 0.3) is 16.8 Å². The van der Waals surface area contributed by atoms with Crippen molar-refractivity contribution in [3.05, 3.63) is 131 Å². The molecule has 7 rings (SSSR count). The van der Waals surface area contributed by atoms with Crippen LogP contribution in [0.4, 0.5) is 20.2 Å². The van der Waals surface area contributed by atoms with Crippen LogP contribution < -0.4 is 19.1 Å². The molecule has 1 atom stereocenters. The lowest BCUT2D eigenvalue weighted by Gasteiger charge is -2.37. The van der Waals surface area contributed by atoms with E-state index in [0.717, 1.165) is 28.4 Å². The molecule has 0 bridgehead atoms. The maximum atomic E-state index is 15.1. The zero-order chi connectivity index (χ0) is 29.0. The molecule has 0 N–H and O–H groups in total. The van der Waals surface area contributed by atoms with Crippen molar-refractivity contribution >= 4 is 28.2 Å². The Hall–Kier alpha value is -4.84. The van der Waals surface area contributed by atoms with E-state index in [2.05, 4.69) is 54.3 Å². The molecule has 1 unspecified atom stereocenters. The third kappa shape index (κ3) is 3.93. The number of fused-ring (bicyclic) bond motifs is 4. The van der Waals surface area contributed by atoms with Crippen molar-refractivity contribution in [2.24, 2.45) is 0 Å². The number of hydrogen-bond acceptors (Lipinski definition) is 4. The molecule has 0 saturated carbocycles. The van der Waals surface area contributed by atoms with E-state index in [0.29, 0.717) is 16.9 Å². The zero-order valence-electron chi connectivity index (χ0n) is 23.5. The van der Waals surface area contributed by atoms with E-state index in [1.165, 1.54) is 37.6 Å². The minimum Gasteiger partial charge on any atom is -0.494 e. The Balaban J connectivity index is 1.46. The van der Waals surface area contributed by atoms with Gasteiger partial charge in [-0.2, -0.15) is 0 Å². The molecule has 0 amide bonds. The highest BCUT2D eigenvalue weighted by molar-refractivity contribution is 6.04. The number of nitrogens with zero attached hydrogens (tertiary/aromatic N) is 1. The van der Waals surface area contributed by atoms with E-state index in [1.54, 1.807) is 24.3 Å². The standard InChI is InChI=1S/C36H29F2NO3/c1-22-18-23-8-4-7-11-31(23)39(22)32-21-35-28(26-9-5-6-10-27(26)32)16-17-36(42-35,24-12-14-33(40-2)29(37)19-24)25-13-15-34(41-3)30(38)20-25/h4-17,19-22H,18H2,1-3H3. The first-order valence-electron chi connectivity index (χ1n) is 13.9. The molecule has 6 heteroatoms. The van der Waals surface area contributed by atoms with Crippen molar-refractivity contribution in [3.63, 3.8) is 0 Å². The highest BCUT2D eigenvalue weighted by atomic mass is 19.1. The van der Waals surface area contributed by atoms with Crippen LogP contribution in [0.3, 0.4) is 0 Å². The minimum absolute atomic E-state index is 0.116. The molecule has 2 aliphatic rings. The van der Waals surface area contributed by atoms with Gasteiger partial charge >= 0.3 is 0 Å². The summed E-state index contributed by atoms with van der Waals surface area (Å²) in [5.74, 6) is -0.217. The maximum absolute atomic E-state index is 15.1. The summed E-state index contributed by atoms with van der Waals surface area (Å²) in [6, 6.07) is 28.4. The van der Waals surface area contributed by atoms with E-state index in [9.17, 15) is 0 Å². The maximum Gasteiger partial charge on any atom is 0.178 e. The number of para-hydroxylation sites is 1. The van der Waals surface area contributed by atoms with Gasteiger partial charge < -0.3 is 19.1 Å². The fourth-order valence-corrected chi connectivity index (χ4v) is 6.42. The van der Waals surface area contributed by atoms with E-state index in [4.69, 9.17) is 14.2 Å². The SMILES string of the molecule is COc1ccc(C2(c3ccc(OC)c(F)c3)C=Cc3c(cc(N4c5ccccc5CC4C)c4ccccc34)O2)cc1F. The summed E-state index contributed by atoms with van der Waals surface area (Å²) in [6.07, 6.45) is 4.80. The zero-order valence-corrected chi connectivity index (χ0v) is 23.5. The average Bonchev–Trinajstić information content (AvgIpc) is 3.35. The smallest absolute Gasteiger partial charge is 0.178 e. The van der Waals surface area contributed by atoms with Crippen molar-refractivity contribution < 1.29 is 23.0 Å². The summed E-state index contributed by atoms with van der Waals surface area (Å²) < 4.78 is 47.6.